The molecule has 3 rings (SSSR count). The topological polar surface area (TPSA) is 65.5 Å². The molecule has 0 unspecified atom stereocenters. The molecule has 2 aromatic heterocycles. The van der Waals surface area contributed by atoms with Gasteiger partial charge in [0.1, 0.15) is 0 Å². The van der Waals surface area contributed by atoms with E-state index in [1.807, 2.05) is 35.0 Å². The quantitative estimate of drug-likeness (QED) is 0.730. The summed E-state index contributed by atoms with van der Waals surface area (Å²) < 4.78 is 16.0. The lowest BCUT2D eigenvalue weighted by molar-refractivity contribution is 0.324. The smallest absolute Gasteiger partial charge is 0.227 e. The van der Waals surface area contributed by atoms with Crippen LogP contribution in [0.4, 0.5) is 11.6 Å². The molecule has 0 aliphatic rings. The first-order chi connectivity index (χ1) is 11.7. The van der Waals surface area contributed by atoms with Crippen molar-refractivity contribution in [2.45, 2.75) is 0 Å². The van der Waals surface area contributed by atoms with Gasteiger partial charge < -0.3 is 19.5 Å². The lowest BCUT2D eigenvalue weighted by atomic mass is 10.2. The molecule has 2 heterocycles. The third-order valence-electron chi connectivity index (χ3n) is 3.39. The van der Waals surface area contributed by atoms with Gasteiger partial charge >= 0.3 is 0 Å². The molecule has 0 saturated heterocycles. The highest BCUT2D eigenvalue weighted by Gasteiger charge is 2.14. The fourth-order valence-electron chi connectivity index (χ4n) is 2.27. The summed E-state index contributed by atoms with van der Waals surface area (Å²) in [5, 5.41) is 7.24. The van der Waals surface area contributed by atoms with Gasteiger partial charge in [-0.25, -0.2) is 9.97 Å². The average molecular weight is 343 g/mol. The summed E-state index contributed by atoms with van der Waals surface area (Å²) in [5.41, 5.74) is 2.67. The van der Waals surface area contributed by atoms with E-state index in [9.17, 15) is 0 Å². The van der Waals surface area contributed by atoms with Crippen LogP contribution in [0.2, 0.25) is 0 Å². The number of hydrogen-bond donors (Lipinski definition) is 1. The Kier molecular flexibility index (Phi) is 4.81. The van der Waals surface area contributed by atoms with Gasteiger partial charge in [-0.2, -0.15) is 11.3 Å². The Morgan fingerprint density at radius 2 is 1.75 bits per heavy atom. The highest BCUT2D eigenvalue weighted by Crippen LogP contribution is 2.40. The van der Waals surface area contributed by atoms with Crippen LogP contribution in [0.15, 0.2) is 41.2 Å². The lowest BCUT2D eigenvalue weighted by Gasteiger charge is -2.14. The molecule has 0 aliphatic carbocycles. The van der Waals surface area contributed by atoms with E-state index < -0.39 is 0 Å². The van der Waals surface area contributed by atoms with Crippen LogP contribution in [-0.2, 0) is 0 Å². The predicted octanol–water partition coefficient (Wildman–Crippen LogP) is 3.97. The van der Waals surface area contributed by atoms with Crippen molar-refractivity contribution in [3.63, 3.8) is 0 Å². The van der Waals surface area contributed by atoms with Crippen LogP contribution in [0, 0.1) is 0 Å². The molecule has 0 atom stereocenters. The summed E-state index contributed by atoms with van der Waals surface area (Å²) in [7, 11) is 4.73. The molecule has 0 amide bonds. The number of nitrogens with zero attached hydrogens (tertiary/aromatic N) is 2. The summed E-state index contributed by atoms with van der Waals surface area (Å²) in [5.74, 6) is 2.16. The molecule has 7 heteroatoms. The van der Waals surface area contributed by atoms with Crippen molar-refractivity contribution >= 4 is 23.0 Å². The SMILES string of the molecule is COc1cc(Nc2nccc(-c3ccsc3)n2)cc(OC)c1OC. The Labute approximate surface area is 144 Å². The highest BCUT2D eigenvalue weighted by atomic mass is 32.1. The van der Waals surface area contributed by atoms with Crippen molar-refractivity contribution in [3.8, 4) is 28.5 Å². The number of thiophene rings is 1. The summed E-state index contributed by atoms with van der Waals surface area (Å²) in [6.45, 7) is 0. The van der Waals surface area contributed by atoms with Crippen LogP contribution < -0.4 is 19.5 Å². The molecular weight excluding hydrogens is 326 g/mol. The number of hydrogen-bond acceptors (Lipinski definition) is 7. The maximum absolute atomic E-state index is 5.36. The number of benzene rings is 1. The van der Waals surface area contributed by atoms with Gasteiger partial charge in [0, 0.05) is 35.0 Å². The first-order valence-corrected chi connectivity index (χ1v) is 8.12. The van der Waals surface area contributed by atoms with Gasteiger partial charge in [-0.15, -0.1) is 0 Å². The third-order valence-corrected chi connectivity index (χ3v) is 4.08. The zero-order chi connectivity index (χ0) is 16.9. The molecule has 1 aromatic carbocycles. The van der Waals surface area contributed by atoms with Gasteiger partial charge in [-0.05, 0) is 17.5 Å². The van der Waals surface area contributed by atoms with Crippen LogP contribution in [-0.4, -0.2) is 31.3 Å². The Morgan fingerprint density at radius 3 is 2.33 bits per heavy atom. The predicted molar refractivity (Wildman–Crippen MR) is 94.7 cm³/mol. The molecule has 0 spiro atoms. The van der Waals surface area contributed by atoms with E-state index in [-0.39, 0.29) is 0 Å². The monoisotopic (exact) mass is 343 g/mol. The second-order valence-corrected chi connectivity index (χ2v) is 5.60. The number of aromatic nitrogens is 2. The van der Waals surface area contributed by atoms with Crippen molar-refractivity contribution in [3.05, 3.63) is 41.2 Å². The number of anilines is 2. The molecular formula is C17H17N3O3S. The molecule has 0 bridgehead atoms. The maximum Gasteiger partial charge on any atom is 0.227 e. The van der Waals surface area contributed by atoms with E-state index in [0.717, 1.165) is 16.9 Å². The van der Waals surface area contributed by atoms with E-state index in [2.05, 4.69) is 15.3 Å². The van der Waals surface area contributed by atoms with E-state index in [0.29, 0.717) is 23.2 Å². The second-order valence-electron chi connectivity index (χ2n) is 4.82. The van der Waals surface area contributed by atoms with Gasteiger partial charge in [0.15, 0.2) is 11.5 Å². The molecule has 0 aliphatic heterocycles. The van der Waals surface area contributed by atoms with Gasteiger partial charge in [-0.3, -0.25) is 0 Å². The van der Waals surface area contributed by atoms with Crippen LogP contribution in [0.5, 0.6) is 17.2 Å². The van der Waals surface area contributed by atoms with Gasteiger partial charge in [0.25, 0.3) is 0 Å². The summed E-state index contributed by atoms with van der Waals surface area (Å²) in [6, 6.07) is 7.52. The Morgan fingerprint density at radius 1 is 1.00 bits per heavy atom. The van der Waals surface area contributed by atoms with Crippen molar-refractivity contribution in [2.75, 3.05) is 26.6 Å². The minimum atomic E-state index is 0.493. The molecule has 24 heavy (non-hydrogen) atoms. The number of methoxy groups -OCH3 is 3. The van der Waals surface area contributed by atoms with Gasteiger partial charge in [0.05, 0.1) is 27.0 Å². The van der Waals surface area contributed by atoms with E-state index in [1.165, 1.54) is 0 Å². The van der Waals surface area contributed by atoms with Crippen molar-refractivity contribution in [1.82, 2.24) is 9.97 Å². The molecule has 1 N–H and O–H groups in total. The first kappa shape index (κ1) is 16.1. The van der Waals surface area contributed by atoms with E-state index in [1.54, 1.807) is 38.9 Å². The Hall–Kier alpha value is -2.80. The maximum atomic E-state index is 5.36. The molecule has 0 fully saturated rings. The fourth-order valence-corrected chi connectivity index (χ4v) is 2.92. The molecule has 0 radical (unpaired) electrons. The zero-order valence-electron chi connectivity index (χ0n) is 13.6. The highest BCUT2D eigenvalue weighted by molar-refractivity contribution is 7.08. The number of nitrogens with one attached hydrogen (secondary N) is 1. The standard InChI is InChI=1S/C17H17N3O3S/c1-21-14-8-12(9-15(22-2)16(14)23-3)19-17-18-6-4-13(20-17)11-5-7-24-10-11/h4-10H,1-3H3,(H,18,19,20). The Bertz CT molecular complexity index is 797. The summed E-state index contributed by atoms with van der Waals surface area (Å²) in [6.07, 6.45) is 1.72. The van der Waals surface area contributed by atoms with Crippen LogP contribution in [0.3, 0.4) is 0 Å². The molecule has 6 nitrogen and oxygen atoms in total. The minimum absolute atomic E-state index is 0.493. The average Bonchev–Trinajstić information content (AvgIpc) is 3.15. The second kappa shape index (κ2) is 7.18. The summed E-state index contributed by atoms with van der Waals surface area (Å²) in [4.78, 5) is 8.80. The van der Waals surface area contributed by atoms with Gasteiger partial charge in [-0.1, -0.05) is 0 Å². The van der Waals surface area contributed by atoms with Gasteiger partial charge in [0.2, 0.25) is 11.7 Å². The first-order valence-electron chi connectivity index (χ1n) is 7.17. The zero-order valence-corrected chi connectivity index (χ0v) is 14.4. The van der Waals surface area contributed by atoms with Crippen molar-refractivity contribution in [2.24, 2.45) is 0 Å². The van der Waals surface area contributed by atoms with E-state index in [4.69, 9.17) is 14.2 Å². The van der Waals surface area contributed by atoms with Crippen molar-refractivity contribution < 1.29 is 14.2 Å². The summed E-state index contributed by atoms with van der Waals surface area (Å²) >= 11 is 1.63. The van der Waals surface area contributed by atoms with Crippen LogP contribution in [0.25, 0.3) is 11.3 Å². The fraction of sp³-hybridized carbons (Fsp3) is 0.176. The number of ether oxygens (including phenoxy) is 3. The minimum Gasteiger partial charge on any atom is -0.493 e. The number of rotatable bonds is 6. The van der Waals surface area contributed by atoms with E-state index >= 15 is 0 Å². The van der Waals surface area contributed by atoms with Crippen LogP contribution >= 0.6 is 11.3 Å². The third kappa shape index (κ3) is 3.26. The lowest BCUT2D eigenvalue weighted by Crippen LogP contribution is -2.00. The van der Waals surface area contributed by atoms with Crippen LogP contribution in [0.1, 0.15) is 0 Å². The molecule has 124 valence electrons. The van der Waals surface area contributed by atoms with Crippen molar-refractivity contribution in [1.29, 1.82) is 0 Å². The Balaban J connectivity index is 1.92. The normalized spacial score (nSPS) is 10.3. The molecule has 3 aromatic rings. The molecule has 0 saturated carbocycles. The largest absolute Gasteiger partial charge is 0.493 e.